The monoisotopic (exact) mass is 276 g/mol. The van der Waals surface area contributed by atoms with Gasteiger partial charge in [-0.25, -0.2) is 0 Å². The molecular weight excluding hydrogens is 257 g/mol. The molecule has 1 aromatic rings. The molecule has 2 unspecified atom stereocenters. The van der Waals surface area contributed by atoms with Crippen LogP contribution in [0.1, 0.15) is 50.2 Å². The van der Waals surface area contributed by atoms with E-state index < -0.39 is 12.1 Å². The Morgan fingerprint density at radius 2 is 2.05 bits per heavy atom. The molecule has 2 N–H and O–H groups in total. The summed E-state index contributed by atoms with van der Waals surface area (Å²) in [4.78, 5) is 0. The third kappa shape index (κ3) is 2.91. The molecule has 108 valence electrons. The maximum absolute atomic E-state index is 12.8. The predicted molar refractivity (Wildman–Crippen MR) is 64.3 cm³/mol. The highest BCUT2D eigenvalue weighted by molar-refractivity contribution is 5.04. The highest BCUT2D eigenvalue weighted by atomic mass is 19.4. The first kappa shape index (κ1) is 14.3. The van der Waals surface area contributed by atoms with Crippen LogP contribution in [-0.4, -0.2) is 20.9 Å². The van der Waals surface area contributed by atoms with Crippen molar-refractivity contribution in [2.75, 3.05) is 0 Å². The molecule has 7 heteroatoms. The average Bonchev–Trinajstić information content (AvgIpc) is 2.80. The lowest BCUT2D eigenvalue weighted by Crippen LogP contribution is -2.29. The van der Waals surface area contributed by atoms with Crippen LogP contribution in [0.5, 0.6) is 0 Å². The van der Waals surface area contributed by atoms with Crippen LogP contribution < -0.4 is 5.73 Å². The lowest BCUT2D eigenvalue weighted by molar-refractivity contribution is -0.183. The van der Waals surface area contributed by atoms with E-state index in [1.54, 1.807) is 0 Å². The number of hydrogen-bond acceptors (Lipinski definition) is 3. The van der Waals surface area contributed by atoms with E-state index in [-0.39, 0.29) is 25.3 Å². The molecule has 0 spiro atoms. The van der Waals surface area contributed by atoms with Crippen LogP contribution in [0.2, 0.25) is 0 Å². The van der Waals surface area contributed by atoms with Gasteiger partial charge in [0, 0.05) is 12.5 Å². The van der Waals surface area contributed by atoms with Crippen molar-refractivity contribution in [2.24, 2.45) is 11.7 Å². The van der Waals surface area contributed by atoms with Gasteiger partial charge in [-0.3, -0.25) is 0 Å². The zero-order valence-electron chi connectivity index (χ0n) is 11.0. The van der Waals surface area contributed by atoms with Gasteiger partial charge in [0.2, 0.25) is 0 Å². The van der Waals surface area contributed by atoms with Crippen molar-refractivity contribution < 1.29 is 13.2 Å². The van der Waals surface area contributed by atoms with Gasteiger partial charge in [-0.2, -0.15) is 13.2 Å². The Kier molecular flexibility index (Phi) is 4.13. The highest BCUT2D eigenvalue weighted by Crippen LogP contribution is 2.43. The zero-order chi connectivity index (χ0) is 14.0. The summed E-state index contributed by atoms with van der Waals surface area (Å²) < 4.78 is 40.3. The number of alkyl halides is 3. The summed E-state index contributed by atoms with van der Waals surface area (Å²) in [5.41, 5.74) is 5.56. The summed E-state index contributed by atoms with van der Waals surface area (Å²) in [6.45, 7) is 2.83. The second kappa shape index (κ2) is 5.48. The van der Waals surface area contributed by atoms with Crippen LogP contribution in [0.25, 0.3) is 0 Å². The number of nitrogens with two attached hydrogens (primary N) is 1. The summed E-state index contributed by atoms with van der Waals surface area (Å²) in [7, 11) is 0. The molecule has 1 aromatic heterocycles. The van der Waals surface area contributed by atoms with E-state index in [4.69, 9.17) is 5.73 Å². The van der Waals surface area contributed by atoms with E-state index in [2.05, 4.69) is 10.2 Å². The Labute approximate surface area is 110 Å². The molecule has 1 fully saturated rings. The molecule has 1 aliphatic rings. The van der Waals surface area contributed by atoms with Gasteiger partial charge < -0.3 is 10.3 Å². The van der Waals surface area contributed by atoms with Crippen LogP contribution in [0.15, 0.2) is 0 Å². The smallest absolute Gasteiger partial charge is 0.324 e. The second-order valence-electron chi connectivity index (χ2n) is 5.02. The summed E-state index contributed by atoms with van der Waals surface area (Å²) >= 11 is 0. The lowest BCUT2D eigenvalue weighted by Gasteiger charge is -2.30. The van der Waals surface area contributed by atoms with E-state index in [0.717, 1.165) is 6.42 Å². The van der Waals surface area contributed by atoms with Gasteiger partial charge in [-0.15, -0.1) is 10.2 Å². The van der Waals surface area contributed by atoms with Crippen molar-refractivity contribution in [1.82, 2.24) is 14.8 Å². The molecule has 1 heterocycles. The number of aromatic nitrogens is 3. The number of hydrogen-bond donors (Lipinski definition) is 1. The van der Waals surface area contributed by atoms with E-state index in [1.807, 2.05) is 11.5 Å². The highest BCUT2D eigenvalue weighted by Gasteiger charge is 2.43. The van der Waals surface area contributed by atoms with E-state index in [9.17, 15) is 13.2 Å². The minimum absolute atomic E-state index is 0.117. The normalized spacial score (nSPS) is 24.7. The van der Waals surface area contributed by atoms with Crippen molar-refractivity contribution in [2.45, 2.75) is 57.8 Å². The third-order valence-electron chi connectivity index (χ3n) is 3.86. The number of nitrogens with zero attached hydrogens (tertiary/aromatic N) is 3. The van der Waals surface area contributed by atoms with Gasteiger partial charge in [0.05, 0.1) is 12.5 Å². The minimum atomic E-state index is -4.10. The lowest BCUT2D eigenvalue weighted by atomic mass is 9.80. The molecule has 0 aromatic carbocycles. The molecule has 0 amide bonds. The van der Waals surface area contributed by atoms with Crippen molar-refractivity contribution in [3.05, 3.63) is 11.6 Å². The first-order valence-electron chi connectivity index (χ1n) is 6.66. The Hall–Kier alpha value is -1.11. The van der Waals surface area contributed by atoms with E-state index >= 15 is 0 Å². The molecular formula is C12H19F3N4. The minimum Gasteiger partial charge on any atom is -0.324 e. The maximum Gasteiger partial charge on any atom is 0.391 e. The molecule has 19 heavy (non-hydrogen) atoms. The van der Waals surface area contributed by atoms with Gasteiger partial charge in [-0.1, -0.05) is 6.42 Å². The largest absolute Gasteiger partial charge is 0.391 e. The van der Waals surface area contributed by atoms with Crippen LogP contribution in [0, 0.1) is 5.92 Å². The predicted octanol–water partition coefficient (Wildman–Crippen LogP) is 2.59. The molecule has 4 nitrogen and oxygen atoms in total. The standard InChI is InChI=1S/C12H19F3N4/c1-2-19-10(7-16)17-18-11(19)8-4-3-5-9(6-8)12(13,14)15/h8-9H,2-7,16H2,1H3. The van der Waals surface area contributed by atoms with Crippen molar-refractivity contribution in [3.63, 3.8) is 0 Å². The molecule has 0 saturated heterocycles. The van der Waals surface area contributed by atoms with Gasteiger partial charge >= 0.3 is 6.18 Å². The van der Waals surface area contributed by atoms with Gasteiger partial charge in [-0.05, 0) is 26.2 Å². The number of halogens is 3. The van der Waals surface area contributed by atoms with Gasteiger partial charge in [0.1, 0.15) is 11.6 Å². The van der Waals surface area contributed by atoms with E-state index in [0.29, 0.717) is 24.6 Å². The summed E-state index contributed by atoms with van der Waals surface area (Å²) in [5, 5.41) is 8.04. The fraction of sp³-hybridized carbons (Fsp3) is 0.833. The summed E-state index contributed by atoms with van der Waals surface area (Å²) in [5.74, 6) is -0.0637. The fourth-order valence-electron chi connectivity index (χ4n) is 2.87. The molecule has 0 radical (unpaired) electrons. The number of rotatable bonds is 3. The van der Waals surface area contributed by atoms with Crippen molar-refractivity contribution in [1.29, 1.82) is 0 Å². The molecule has 2 rings (SSSR count). The molecule has 0 bridgehead atoms. The third-order valence-corrected chi connectivity index (χ3v) is 3.86. The maximum atomic E-state index is 12.8. The summed E-state index contributed by atoms with van der Waals surface area (Å²) in [6, 6.07) is 0. The Morgan fingerprint density at radius 3 is 2.63 bits per heavy atom. The summed E-state index contributed by atoms with van der Waals surface area (Å²) in [6.07, 6.45) is -2.43. The van der Waals surface area contributed by atoms with Crippen LogP contribution in [0.4, 0.5) is 13.2 Å². The molecule has 1 aliphatic carbocycles. The second-order valence-corrected chi connectivity index (χ2v) is 5.02. The van der Waals surface area contributed by atoms with Crippen molar-refractivity contribution >= 4 is 0 Å². The Bertz CT molecular complexity index is 427. The van der Waals surface area contributed by atoms with Crippen molar-refractivity contribution in [3.8, 4) is 0 Å². The van der Waals surface area contributed by atoms with Gasteiger partial charge in [0.25, 0.3) is 0 Å². The van der Waals surface area contributed by atoms with Crippen LogP contribution >= 0.6 is 0 Å². The SMILES string of the molecule is CCn1c(CN)nnc1C1CCCC(C(F)(F)F)C1. The fourth-order valence-corrected chi connectivity index (χ4v) is 2.87. The molecule has 0 aliphatic heterocycles. The average molecular weight is 276 g/mol. The molecule has 2 atom stereocenters. The van der Waals surface area contributed by atoms with E-state index in [1.165, 1.54) is 0 Å². The topological polar surface area (TPSA) is 56.7 Å². The first-order valence-corrected chi connectivity index (χ1v) is 6.66. The molecule has 1 saturated carbocycles. The van der Waals surface area contributed by atoms with Crippen LogP contribution in [0.3, 0.4) is 0 Å². The van der Waals surface area contributed by atoms with Gasteiger partial charge in [0.15, 0.2) is 0 Å². The first-order chi connectivity index (χ1) is 8.97. The Balaban J connectivity index is 2.20. The zero-order valence-corrected chi connectivity index (χ0v) is 11.0. The Morgan fingerprint density at radius 1 is 1.32 bits per heavy atom. The van der Waals surface area contributed by atoms with Crippen LogP contribution in [-0.2, 0) is 13.1 Å². The quantitative estimate of drug-likeness (QED) is 0.923.